The predicted octanol–water partition coefficient (Wildman–Crippen LogP) is 3.70. The highest BCUT2D eigenvalue weighted by Crippen LogP contribution is 2.62. The van der Waals surface area contributed by atoms with E-state index >= 15 is 0 Å². The number of aliphatic carboxylic acids is 1. The molecule has 0 bridgehead atoms. The zero-order valence-electron chi connectivity index (χ0n) is 15.2. The summed E-state index contributed by atoms with van der Waals surface area (Å²) in [5.41, 5.74) is 1.46. The number of hydrogen-bond donors (Lipinski definition) is 2. The van der Waals surface area contributed by atoms with Crippen LogP contribution in [0.4, 0.5) is 0 Å². The van der Waals surface area contributed by atoms with Gasteiger partial charge in [-0.15, -0.1) is 0 Å². The van der Waals surface area contributed by atoms with Crippen molar-refractivity contribution >= 4 is 5.97 Å². The van der Waals surface area contributed by atoms with Crippen LogP contribution in [0.5, 0.6) is 0 Å². The minimum Gasteiger partial charge on any atom is -0.478 e. The molecule has 2 aliphatic carbocycles. The van der Waals surface area contributed by atoms with Crippen molar-refractivity contribution in [1.29, 1.82) is 0 Å². The second-order valence-electron chi connectivity index (χ2n) is 8.68. The number of rotatable bonds is 1. The third-order valence-electron chi connectivity index (χ3n) is 6.58. The number of carboxylic acids is 1. The first-order chi connectivity index (χ1) is 11.1. The van der Waals surface area contributed by atoms with E-state index in [-0.39, 0.29) is 22.5 Å². The molecule has 0 aromatic rings. The van der Waals surface area contributed by atoms with E-state index in [4.69, 9.17) is 4.74 Å². The first-order valence-electron chi connectivity index (χ1n) is 9.11. The lowest BCUT2D eigenvalue weighted by atomic mass is 9.93. The number of fused-ring (bicyclic) bond motifs is 2. The van der Waals surface area contributed by atoms with Crippen LogP contribution in [-0.4, -0.2) is 34.0 Å². The van der Waals surface area contributed by atoms with Crippen LogP contribution in [0, 0.1) is 17.3 Å². The molecule has 2 N–H and O–H groups in total. The summed E-state index contributed by atoms with van der Waals surface area (Å²) in [5.74, 6) is -0.298. The third-order valence-corrected chi connectivity index (χ3v) is 6.58. The van der Waals surface area contributed by atoms with Gasteiger partial charge in [0, 0.05) is 0 Å². The molecule has 4 nitrogen and oxygen atoms in total. The largest absolute Gasteiger partial charge is 0.478 e. The molecule has 4 heteroatoms. The molecule has 0 aromatic heterocycles. The molecule has 3 aliphatic rings. The lowest BCUT2D eigenvalue weighted by Crippen LogP contribution is -2.18. The van der Waals surface area contributed by atoms with Crippen LogP contribution in [0.2, 0.25) is 0 Å². The summed E-state index contributed by atoms with van der Waals surface area (Å²) in [4.78, 5) is 11.6. The van der Waals surface area contributed by atoms with Crippen molar-refractivity contribution in [3.63, 3.8) is 0 Å². The average Bonchev–Trinajstić information content (AvgIpc) is 3.30. The van der Waals surface area contributed by atoms with E-state index in [1.807, 2.05) is 19.1 Å². The Balaban J connectivity index is 1.84. The standard InChI is InChI=1S/C20H30O4/c1-12-5-7-16(21)13(18(22)23)11-15-14(19(15,2)3)9-10-20(4)17(24-20)8-6-12/h5,11,14-17,21H,6-10H2,1-4H3,(H,22,23). The van der Waals surface area contributed by atoms with Crippen LogP contribution in [0.1, 0.15) is 59.8 Å². The van der Waals surface area contributed by atoms with E-state index < -0.39 is 12.1 Å². The van der Waals surface area contributed by atoms with E-state index in [0.717, 1.165) is 25.7 Å². The number of epoxide rings is 1. The van der Waals surface area contributed by atoms with Gasteiger partial charge in [0.2, 0.25) is 0 Å². The molecule has 5 unspecified atom stereocenters. The zero-order chi connectivity index (χ0) is 17.7. The number of aliphatic hydroxyl groups is 1. The van der Waals surface area contributed by atoms with E-state index in [0.29, 0.717) is 18.4 Å². The van der Waals surface area contributed by atoms with E-state index in [9.17, 15) is 15.0 Å². The Morgan fingerprint density at radius 3 is 2.67 bits per heavy atom. The van der Waals surface area contributed by atoms with Crippen LogP contribution < -0.4 is 0 Å². The van der Waals surface area contributed by atoms with Gasteiger partial charge < -0.3 is 14.9 Å². The Morgan fingerprint density at radius 1 is 1.29 bits per heavy atom. The van der Waals surface area contributed by atoms with Crippen molar-refractivity contribution in [2.75, 3.05) is 0 Å². The molecule has 0 amide bonds. The van der Waals surface area contributed by atoms with Gasteiger partial charge >= 0.3 is 5.97 Å². The van der Waals surface area contributed by atoms with Gasteiger partial charge in [-0.2, -0.15) is 0 Å². The minimum absolute atomic E-state index is 0.00642. The summed E-state index contributed by atoms with van der Waals surface area (Å²) in [6, 6.07) is 0. The third kappa shape index (κ3) is 3.31. The summed E-state index contributed by atoms with van der Waals surface area (Å²) in [6.45, 7) is 8.64. The SMILES string of the molecule is CC1=CCC(O)C(C(=O)O)=CC2C(CCC3(C)OC3CC1)C2(C)C. The van der Waals surface area contributed by atoms with Gasteiger partial charge in [-0.3, -0.25) is 0 Å². The maximum atomic E-state index is 11.6. The Kier molecular flexibility index (Phi) is 4.42. The van der Waals surface area contributed by atoms with Gasteiger partial charge in [-0.25, -0.2) is 4.79 Å². The highest BCUT2D eigenvalue weighted by molar-refractivity contribution is 5.87. The van der Waals surface area contributed by atoms with Gasteiger partial charge in [0.25, 0.3) is 0 Å². The molecule has 134 valence electrons. The van der Waals surface area contributed by atoms with Crippen LogP contribution in [0.25, 0.3) is 0 Å². The molecular formula is C20H30O4. The quantitative estimate of drug-likeness (QED) is 0.567. The first-order valence-corrected chi connectivity index (χ1v) is 9.11. The smallest absolute Gasteiger partial charge is 0.333 e. The highest BCUT2D eigenvalue weighted by Gasteiger charge is 2.58. The monoisotopic (exact) mass is 334 g/mol. The highest BCUT2D eigenvalue weighted by atomic mass is 16.6. The molecule has 3 rings (SSSR count). The van der Waals surface area contributed by atoms with Crippen LogP contribution in [-0.2, 0) is 9.53 Å². The fourth-order valence-corrected chi connectivity index (χ4v) is 4.41. The van der Waals surface area contributed by atoms with E-state index in [1.165, 1.54) is 5.57 Å². The lowest BCUT2D eigenvalue weighted by Gasteiger charge is -2.11. The minimum atomic E-state index is -1.00. The first kappa shape index (κ1) is 17.7. The maximum absolute atomic E-state index is 11.6. The molecule has 1 saturated carbocycles. The summed E-state index contributed by atoms with van der Waals surface area (Å²) in [5, 5.41) is 19.9. The van der Waals surface area contributed by atoms with Crippen LogP contribution >= 0.6 is 0 Å². The molecule has 0 radical (unpaired) electrons. The fourth-order valence-electron chi connectivity index (χ4n) is 4.41. The summed E-state index contributed by atoms with van der Waals surface area (Å²) in [7, 11) is 0. The average molecular weight is 334 g/mol. The Bertz CT molecular complexity index is 588. The van der Waals surface area contributed by atoms with Gasteiger partial charge in [0.15, 0.2) is 0 Å². The normalized spacial score (nSPS) is 41.9. The number of allylic oxidation sites excluding steroid dienone is 2. The molecule has 0 spiro atoms. The molecular weight excluding hydrogens is 304 g/mol. The molecule has 2 fully saturated rings. The van der Waals surface area contributed by atoms with Crippen molar-refractivity contribution in [1.82, 2.24) is 0 Å². The Hall–Kier alpha value is -1.13. The number of carboxylic acid groups (broad SMARTS) is 1. The van der Waals surface area contributed by atoms with Gasteiger partial charge in [0.05, 0.1) is 23.4 Å². The molecule has 5 atom stereocenters. The number of ether oxygens (including phenoxy) is 1. The fraction of sp³-hybridized carbons (Fsp3) is 0.750. The lowest BCUT2D eigenvalue weighted by molar-refractivity contribution is -0.133. The number of carbonyl (C=O) groups is 1. The van der Waals surface area contributed by atoms with Gasteiger partial charge in [-0.1, -0.05) is 31.6 Å². The Labute approximate surface area is 144 Å². The molecule has 0 aromatic carbocycles. The van der Waals surface area contributed by atoms with Crippen LogP contribution in [0.3, 0.4) is 0 Å². The van der Waals surface area contributed by atoms with Crippen molar-refractivity contribution in [2.24, 2.45) is 17.3 Å². The summed E-state index contributed by atoms with van der Waals surface area (Å²) in [6.07, 6.45) is 7.61. The second-order valence-corrected chi connectivity index (χ2v) is 8.68. The van der Waals surface area contributed by atoms with Crippen LogP contribution in [0.15, 0.2) is 23.3 Å². The van der Waals surface area contributed by atoms with Crippen molar-refractivity contribution in [2.45, 2.75) is 77.6 Å². The van der Waals surface area contributed by atoms with Crippen molar-refractivity contribution in [3.05, 3.63) is 23.3 Å². The molecule has 1 heterocycles. The number of aliphatic hydroxyl groups excluding tert-OH is 1. The van der Waals surface area contributed by atoms with Gasteiger partial charge in [0.1, 0.15) is 0 Å². The Morgan fingerprint density at radius 2 is 2.00 bits per heavy atom. The predicted molar refractivity (Wildman–Crippen MR) is 92.6 cm³/mol. The molecule has 1 aliphatic heterocycles. The molecule has 24 heavy (non-hydrogen) atoms. The molecule has 1 saturated heterocycles. The van der Waals surface area contributed by atoms with Crippen molar-refractivity contribution < 1.29 is 19.7 Å². The summed E-state index contributed by atoms with van der Waals surface area (Å²) >= 11 is 0. The topological polar surface area (TPSA) is 70.1 Å². The number of hydrogen-bond acceptors (Lipinski definition) is 3. The van der Waals surface area contributed by atoms with Gasteiger partial charge in [-0.05, 0) is 63.2 Å². The van der Waals surface area contributed by atoms with Crippen molar-refractivity contribution in [3.8, 4) is 0 Å². The second kappa shape index (κ2) is 5.99. The summed E-state index contributed by atoms with van der Waals surface area (Å²) < 4.78 is 5.96. The zero-order valence-corrected chi connectivity index (χ0v) is 15.2. The maximum Gasteiger partial charge on any atom is 0.333 e. The van der Waals surface area contributed by atoms with E-state index in [1.54, 1.807) is 0 Å². The van der Waals surface area contributed by atoms with E-state index in [2.05, 4.69) is 20.8 Å².